The molecule has 1 fully saturated rings. The average molecular weight is 458 g/mol. The number of aliphatic hydroxyl groups excluding tert-OH is 1. The van der Waals surface area contributed by atoms with E-state index in [2.05, 4.69) is 36.9 Å². The number of hydrogen-bond donors (Lipinski definition) is 1. The lowest BCUT2D eigenvalue weighted by Gasteiger charge is -2.33. The van der Waals surface area contributed by atoms with Crippen LogP contribution in [0.15, 0.2) is 49.1 Å². The van der Waals surface area contributed by atoms with Gasteiger partial charge in [-0.05, 0) is 31.3 Å². The van der Waals surface area contributed by atoms with E-state index in [1.165, 1.54) is 0 Å². The number of aryl methyl sites for hydroxylation is 1. The van der Waals surface area contributed by atoms with Crippen LogP contribution in [-0.2, 0) is 20.1 Å². The number of ketones is 1. The summed E-state index contributed by atoms with van der Waals surface area (Å²) in [5.41, 5.74) is 4.49. The van der Waals surface area contributed by atoms with Gasteiger partial charge in [0.1, 0.15) is 5.82 Å². The zero-order valence-electron chi connectivity index (χ0n) is 19.3. The maximum atomic E-state index is 13.1. The van der Waals surface area contributed by atoms with E-state index in [1.807, 2.05) is 18.2 Å². The highest BCUT2D eigenvalue weighted by Crippen LogP contribution is 2.26. The number of aliphatic hydroxyl groups is 1. The molecule has 0 radical (unpaired) electrons. The lowest BCUT2D eigenvalue weighted by molar-refractivity contribution is 0.0992. The van der Waals surface area contributed by atoms with Crippen molar-refractivity contribution >= 4 is 22.5 Å². The van der Waals surface area contributed by atoms with Crippen LogP contribution in [0.4, 0.5) is 5.82 Å². The van der Waals surface area contributed by atoms with Crippen molar-refractivity contribution in [3.05, 3.63) is 66.0 Å². The Morgan fingerprint density at radius 2 is 1.82 bits per heavy atom. The fourth-order valence-electron chi connectivity index (χ4n) is 4.28. The predicted molar refractivity (Wildman–Crippen MR) is 130 cm³/mol. The summed E-state index contributed by atoms with van der Waals surface area (Å²) in [4.78, 5) is 31.0. The molecular weight excluding hydrogens is 430 g/mol. The Hall–Kier alpha value is -3.69. The third-order valence-corrected chi connectivity index (χ3v) is 6.38. The van der Waals surface area contributed by atoms with E-state index in [0.29, 0.717) is 11.3 Å². The minimum absolute atomic E-state index is 0.00330. The van der Waals surface area contributed by atoms with Crippen molar-refractivity contribution < 1.29 is 9.90 Å². The second-order valence-electron chi connectivity index (χ2n) is 8.67. The standard InChI is InChI=1S/C25H27N7O2/c1-30-5-7-32(8-6-30)25-11-17(3-4-26-25)24(34)12-20-10-18-9-19(13-28-22(18)15-27-20)21-14-29-31(2)23(21)16-33/h3-4,9-11,13-15,33H,5-8,12,16H2,1-2H3. The number of fused-ring (bicyclic) bond motifs is 1. The third kappa shape index (κ3) is 4.40. The Bertz CT molecular complexity index is 1340. The minimum Gasteiger partial charge on any atom is -0.390 e. The zero-order valence-corrected chi connectivity index (χ0v) is 19.3. The molecule has 9 nitrogen and oxygen atoms in total. The second-order valence-corrected chi connectivity index (χ2v) is 8.67. The van der Waals surface area contributed by atoms with Gasteiger partial charge in [-0.1, -0.05) is 0 Å². The highest BCUT2D eigenvalue weighted by molar-refractivity contribution is 5.98. The van der Waals surface area contributed by atoms with Crippen molar-refractivity contribution in [3.8, 4) is 11.1 Å². The molecule has 4 aromatic heterocycles. The molecule has 4 aromatic rings. The first-order valence-electron chi connectivity index (χ1n) is 11.3. The van der Waals surface area contributed by atoms with Gasteiger partial charge in [-0.2, -0.15) is 5.10 Å². The molecule has 0 bridgehead atoms. The number of likely N-dealkylation sites (N-methyl/N-ethyl adjacent to an activating group) is 1. The number of aromatic nitrogens is 5. The lowest BCUT2D eigenvalue weighted by atomic mass is 10.0. The Morgan fingerprint density at radius 1 is 1.00 bits per heavy atom. The van der Waals surface area contributed by atoms with Gasteiger partial charge in [0.2, 0.25) is 0 Å². The molecule has 1 aliphatic rings. The SMILES string of the molecule is CN1CCN(c2cc(C(=O)Cc3cc4cc(-c5cnn(C)c5CO)cnc4cn3)ccn2)CC1. The Morgan fingerprint density at radius 3 is 2.62 bits per heavy atom. The fourth-order valence-corrected chi connectivity index (χ4v) is 4.28. The smallest absolute Gasteiger partial charge is 0.169 e. The van der Waals surface area contributed by atoms with Crippen molar-refractivity contribution in [2.75, 3.05) is 38.1 Å². The average Bonchev–Trinajstić information content (AvgIpc) is 3.24. The van der Waals surface area contributed by atoms with Crippen LogP contribution in [0.3, 0.4) is 0 Å². The van der Waals surface area contributed by atoms with Crippen LogP contribution < -0.4 is 4.90 Å². The summed E-state index contributed by atoms with van der Waals surface area (Å²) in [6, 6.07) is 7.54. The second kappa shape index (κ2) is 9.28. The number of rotatable bonds is 6. The van der Waals surface area contributed by atoms with Crippen molar-refractivity contribution in [2.24, 2.45) is 7.05 Å². The van der Waals surface area contributed by atoms with Crippen molar-refractivity contribution in [1.29, 1.82) is 0 Å². The molecule has 0 atom stereocenters. The number of carbonyl (C=O) groups is 1. The van der Waals surface area contributed by atoms with E-state index in [1.54, 1.807) is 42.6 Å². The van der Waals surface area contributed by atoms with Crippen LogP contribution in [-0.4, -0.2) is 73.7 Å². The summed E-state index contributed by atoms with van der Waals surface area (Å²) in [6.45, 7) is 3.66. The highest BCUT2D eigenvalue weighted by Gasteiger charge is 2.17. The van der Waals surface area contributed by atoms with Gasteiger partial charge in [-0.3, -0.25) is 19.4 Å². The fraction of sp³-hybridized carbons (Fsp3) is 0.320. The molecule has 1 saturated heterocycles. The first-order valence-corrected chi connectivity index (χ1v) is 11.3. The van der Waals surface area contributed by atoms with Gasteiger partial charge in [-0.15, -0.1) is 0 Å². The molecule has 0 saturated carbocycles. The monoisotopic (exact) mass is 457 g/mol. The van der Waals surface area contributed by atoms with Crippen LogP contribution in [0.1, 0.15) is 21.7 Å². The van der Waals surface area contributed by atoms with Crippen LogP contribution in [0.2, 0.25) is 0 Å². The zero-order chi connectivity index (χ0) is 23.7. The molecule has 5 rings (SSSR count). The maximum Gasteiger partial charge on any atom is 0.169 e. The molecule has 0 aliphatic carbocycles. The minimum atomic E-state index is -0.109. The van der Waals surface area contributed by atoms with Gasteiger partial charge in [0.25, 0.3) is 0 Å². The van der Waals surface area contributed by atoms with Crippen LogP contribution in [0, 0.1) is 0 Å². The molecule has 1 N–H and O–H groups in total. The molecule has 9 heteroatoms. The Kier molecular flexibility index (Phi) is 6.04. The highest BCUT2D eigenvalue weighted by atomic mass is 16.3. The maximum absolute atomic E-state index is 13.1. The molecule has 0 amide bonds. The van der Waals surface area contributed by atoms with E-state index in [0.717, 1.165) is 59.7 Å². The van der Waals surface area contributed by atoms with E-state index >= 15 is 0 Å². The number of carbonyl (C=O) groups excluding carboxylic acids is 1. The van der Waals surface area contributed by atoms with Gasteiger partial charge in [0, 0.05) is 73.4 Å². The Labute approximate surface area is 197 Å². The quantitative estimate of drug-likeness (QED) is 0.440. The van der Waals surface area contributed by atoms with Crippen molar-refractivity contribution in [1.82, 2.24) is 29.6 Å². The lowest BCUT2D eigenvalue weighted by Crippen LogP contribution is -2.44. The summed E-state index contributed by atoms with van der Waals surface area (Å²) >= 11 is 0. The van der Waals surface area contributed by atoms with Gasteiger partial charge >= 0.3 is 0 Å². The molecule has 0 unspecified atom stereocenters. The van der Waals surface area contributed by atoms with Crippen molar-refractivity contribution in [3.63, 3.8) is 0 Å². The first kappa shape index (κ1) is 22.1. The molecule has 34 heavy (non-hydrogen) atoms. The van der Waals surface area contributed by atoms with Crippen LogP contribution in [0.25, 0.3) is 22.0 Å². The summed E-state index contributed by atoms with van der Waals surface area (Å²) in [5, 5.41) is 14.8. The summed E-state index contributed by atoms with van der Waals surface area (Å²) in [6.07, 6.45) is 7.07. The molecule has 0 spiro atoms. The molecule has 0 aromatic carbocycles. The topological polar surface area (TPSA) is 100 Å². The van der Waals surface area contributed by atoms with Crippen molar-refractivity contribution in [2.45, 2.75) is 13.0 Å². The third-order valence-electron chi connectivity index (χ3n) is 6.38. The molecule has 5 heterocycles. The van der Waals surface area contributed by atoms with E-state index in [4.69, 9.17) is 0 Å². The Balaban J connectivity index is 1.37. The number of hydrogen-bond acceptors (Lipinski definition) is 8. The van der Waals surface area contributed by atoms with Gasteiger partial charge in [0.15, 0.2) is 5.78 Å². The number of nitrogens with zero attached hydrogens (tertiary/aromatic N) is 7. The largest absolute Gasteiger partial charge is 0.390 e. The van der Waals surface area contributed by atoms with E-state index < -0.39 is 0 Å². The number of piperazine rings is 1. The number of Topliss-reactive ketones (excluding diaryl/α,β-unsaturated/α-hetero) is 1. The first-order chi connectivity index (χ1) is 16.5. The van der Waals surface area contributed by atoms with Gasteiger partial charge in [-0.25, -0.2) is 4.98 Å². The predicted octanol–water partition coefficient (Wildman–Crippen LogP) is 2.09. The number of pyridine rings is 3. The van der Waals surface area contributed by atoms with Gasteiger partial charge in [0.05, 0.1) is 36.6 Å². The molecule has 174 valence electrons. The summed E-state index contributed by atoms with van der Waals surface area (Å²) in [7, 11) is 3.91. The van der Waals surface area contributed by atoms with Crippen LogP contribution >= 0.6 is 0 Å². The van der Waals surface area contributed by atoms with E-state index in [-0.39, 0.29) is 18.8 Å². The molecule has 1 aliphatic heterocycles. The number of anilines is 1. The van der Waals surface area contributed by atoms with Gasteiger partial charge < -0.3 is 14.9 Å². The molecular formula is C25H27N7O2. The summed E-state index contributed by atoms with van der Waals surface area (Å²) in [5.74, 6) is 0.846. The van der Waals surface area contributed by atoms with Crippen LogP contribution in [0.5, 0.6) is 0 Å². The van der Waals surface area contributed by atoms with E-state index in [9.17, 15) is 9.90 Å². The summed E-state index contributed by atoms with van der Waals surface area (Å²) < 4.78 is 1.65. The normalized spacial score (nSPS) is 14.6.